The maximum absolute atomic E-state index is 14.7. The minimum absolute atomic E-state index is 0.0353. The normalized spacial score (nSPS) is 14.8. The molecule has 23 heavy (non-hydrogen) atoms. The summed E-state index contributed by atoms with van der Waals surface area (Å²) < 4.78 is 39.1. The molecule has 0 unspecified atom stereocenters. The van der Waals surface area contributed by atoms with Crippen LogP contribution >= 0.6 is 11.6 Å². The summed E-state index contributed by atoms with van der Waals surface area (Å²) in [5, 5.41) is 9.13. The lowest BCUT2D eigenvalue weighted by atomic mass is 10.3. The van der Waals surface area contributed by atoms with Gasteiger partial charge in [0.1, 0.15) is 5.02 Å². The van der Waals surface area contributed by atoms with Gasteiger partial charge < -0.3 is 19.5 Å². The van der Waals surface area contributed by atoms with Crippen molar-refractivity contribution in [2.45, 2.75) is 0 Å². The Bertz CT molecular complexity index is 724. The van der Waals surface area contributed by atoms with E-state index in [2.05, 4.69) is 4.98 Å². The largest absolute Gasteiger partial charge is 0.504 e. The smallest absolute Gasteiger partial charge is 0.237 e. The third-order valence-corrected chi connectivity index (χ3v) is 3.70. The highest BCUT2D eigenvalue weighted by molar-refractivity contribution is 6.32. The van der Waals surface area contributed by atoms with Crippen molar-refractivity contribution in [3.8, 4) is 17.2 Å². The molecule has 1 fully saturated rings. The molecular formula is C15H13ClF2N2O3. The molecule has 2 heterocycles. The van der Waals surface area contributed by atoms with Crippen molar-refractivity contribution in [3.63, 3.8) is 0 Å². The van der Waals surface area contributed by atoms with E-state index in [9.17, 15) is 13.9 Å². The Morgan fingerprint density at radius 1 is 1.22 bits per heavy atom. The van der Waals surface area contributed by atoms with E-state index in [0.29, 0.717) is 26.3 Å². The van der Waals surface area contributed by atoms with Crippen LogP contribution in [0.15, 0.2) is 24.3 Å². The van der Waals surface area contributed by atoms with E-state index in [0.717, 1.165) is 0 Å². The highest BCUT2D eigenvalue weighted by Crippen LogP contribution is 2.39. The zero-order chi connectivity index (χ0) is 16.4. The fraction of sp³-hybridized carbons (Fsp3) is 0.267. The molecule has 0 spiro atoms. The van der Waals surface area contributed by atoms with E-state index in [1.165, 1.54) is 12.1 Å². The zero-order valence-corrected chi connectivity index (χ0v) is 12.7. The number of rotatable bonds is 3. The number of morpholine rings is 1. The van der Waals surface area contributed by atoms with Crippen LogP contribution in [0.25, 0.3) is 0 Å². The molecule has 0 atom stereocenters. The Morgan fingerprint density at radius 2 is 1.91 bits per heavy atom. The van der Waals surface area contributed by atoms with Crippen LogP contribution < -0.4 is 9.64 Å². The molecule has 1 saturated heterocycles. The number of pyridine rings is 1. The number of hydrogen-bond acceptors (Lipinski definition) is 5. The van der Waals surface area contributed by atoms with Gasteiger partial charge in [0.15, 0.2) is 23.1 Å². The van der Waals surface area contributed by atoms with Gasteiger partial charge in [0.05, 0.1) is 13.2 Å². The first-order chi connectivity index (χ1) is 11.1. The van der Waals surface area contributed by atoms with Crippen LogP contribution in [0.3, 0.4) is 0 Å². The third-order valence-electron chi connectivity index (χ3n) is 3.37. The Hall–Kier alpha value is -2.12. The van der Waals surface area contributed by atoms with Crippen molar-refractivity contribution >= 4 is 17.4 Å². The van der Waals surface area contributed by atoms with Crippen molar-refractivity contribution < 1.29 is 23.4 Å². The summed E-state index contributed by atoms with van der Waals surface area (Å²) in [6.07, 6.45) is 0. The van der Waals surface area contributed by atoms with Crippen LogP contribution in [0.1, 0.15) is 0 Å². The van der Waals surface area contributed by atoms with Gasteiger partial charge in [-0.25, -0.2) is 0 Å². The second kappa shape index (κ2) is 6.55. The summed E-state index contributed by atoms with van der Waals surface area (Å²) in [7, 11) is 0. The summed E-state index contributed by atoms with van der Waals surface area (Å²) in [5.41, 5.74) is 0. The van der Waals surface area contributed by atoms with Crippen LogP contribution in [-0.4, -0.2) is 36.4 Å². The first-order valence-corrected chi connectivity index (χ1v) is 7.28. The number of halogens is 3. The monoisotopic (exact) mass is 342 g/mol. The minimum atomic E-state index is -1.04. The molecule has 0 amide bonds. The average molecular weight is 343 g/mol. The second-order valence-corrected chi connectivity index (χ2v) is 5.23. The Morgan fingerprint density at radius 3 is 2.61 bits per heavy atom. The molecular weight excluding hydrogens is 330 g/mol. The molecule has 1 aliphatic heterocycles. The third kappa shape index (κ3) is 3.16. The fourth-order valence-electron chi connectivity index (χ4n) is 2.21. The topological polar surface area (TPSA) is 54.8 Å². The Labute approximate surface area is 136 Å². The maximum atomic E-state index is 14.7. The Kier molecular flexibility index (Phi) is 4.49. The van der Waals surface area contributed by atoms with Gasteiger partial charge in [0.25, 0.3) is 0 Å². The number of aromatic nitrogens is 1. The summed E-state index contributed by atoms with van der Waals surface area (Å²) in [6.45, 7) is 1.53. The number of para-hydroxylation sites is 2. The van der Waals surface area contributed by atoms with Crippen LogP contribution in [0.2, 0.25) is 5.02 Å². The quantitative estimate of drug-likeness (QED) is 0.867. The number of aromatic hydroxyl groups is 1. The summed E-state index contributed by atoms with van der Waals surface area (Å²) in [4.78, 5) is 5.13. The number of ether oxygens (including phenoxy) is 2. The van der Waals surface area contributed by atoms with E-state index in [4.69, 9.17) is 21.1 Å². The van der Waals surface area contributed by atoms with Gasteiger partial charge in [-0.2, -0.15) is 13.8 Å². The van der Waals surface area contributed by atoms with Crippen molar-refractivity contribution in [1.29, 1.82) is 0 Å². The first-order valence-electron chi connectivity index (χ1n) is 6.91. The fourth-order valence-corrected chi connectivity index (χ4v) is 2.37. The molecule has 1 aromatic heterocycles. The van der Waals surface area contributed by atoms with Gasteiger partial charge in [0, 0.05) is 13.1 Å². The standard InChI is InChI=1S/C15H13ClF2N2O3/c16-11-13(23-10-4-2-1-3-9(10)21)12(17)15(19-14(11)18)20-5-7-22-8-6-20/h1-4,21H,5-8H2. The van der Waals surface area contributed by atoms with E-state index in [1.807, 2.05) is 0 Å². The SMILES string of the molecule is Oc1ccccc1Oc1c(F)c(N2CCOCC2)nc(F)c1Cl. The number of phenolic OH excluding ortho intramolecular Hbond substituents is 1. The maximum Gasteiger partial charge on any atom is 0.237 e. The molecule has 2 aromatic rings. The van der Waals surface area contributed by atoms with E-state index in [1.54, 1.807) is 17.0 Å². The van der Waals surface area contributed by atoms with Gasteiger partial charge in [-0.3, -0.25) is 0 Å². The van der Waals surface area contributed by atoms with Crippen molar-refractivity contribution in [2.24, 2.45) is 0 Å². The van der Waals surface area contributed by atoms with Gasteiger partial charge in [-0.1, -0.05) is 23.7 Å². The highest BCUT2D eigenvalue weighted by Gasteiger charge is 2.26. The second-order valence-electron chi connectivity index (χ2n) is 4.85. The highest BCUT2D eigenvalue weighted by atomic mass is 35.5. The summed E-state index contributed by atoms with van der Waals surface area (Å²) in [6, 6.07) is 5.94. The van der Waals surface area contributed by atoms with E-state index >= 15 is 0 Å². The van der Waals surface area contributed by atoms with E-state index in [-0.39, 0.29) is 17.3 Å². The molecule has 0 radical (unpaired) electrons. The van der Waals surface area contributed by atoms with Crippen LogP contribution in [0.5, 0.6) is 17.2 Å². The first kappa shape index (κ1) is 15.8. The van der Waals surface area contributed by atoms with Crippen molar-refractivity contribution in [3.05, 3.63) is 41.1 Å². The summed E-state index contributed by atoms with van der Waals surface area (Å²) in [5.74, 6) is -2.88. The molecule has 5 nitrogen and oxygen atoms in total. The van der Waals surface area contributed by atoms with Crippen molar-refractivity contribution in [2.75, 3.05) is 31.2 Å². The van der Waals surface area contributed by atoms with Crippen LogP contribution in [-0.2, 0) is 4.74 Å². The molecule has 122 valence electrons. The molecule has 8 heteroatoms. The molecule has 0 bridgehead atoms. The number of hydrogen-bond donors (Lipinski definition) is 1. The number of anilines is 1. The van der Waals surface area contributed by atoms with Gasteiger partial charge >= 0.3 is 0 Å². The van der Waals surface area contributed by atoms with Crippen LogP contribution in [0.4, 0.5) is 14.6 Å². The predicted molar refractivity (Wildman–Crippen MR) is 80.4 cm³/mol. The number of nitrogens with zero attached hydrogens (tertiary/aromatic N) is 2. The zero-order valence-electron chi connectivity index (χ0n) is 11.9. The lowest BCUT2D eigenvalue weighted by Gasteiger charge is -2.28. The lowest BCUT2D eigenvalue weighted by molar-refractivity contribution is 0.122. The predicted octanol–water partition coefficient (Wildman–Crippen LogP) is 3.35. The molecule has 1 aromatic carbocycles. The molecule has 0 saturated carbocycles. The lowest BCUT2D eigenvalue weighted by Crippen LogP contribution is -2.37. The Balaban J connectivity index is 2.02. The van der Waals surface area contributed by atoms with Gasteiger partial charge in [-0.05, 0) is 12.1 Å². The molecule has 1 N–H and O–H groups in total. The molecule has 1 aliphatic rings. The van der Waals surface area contributed by atoms with Gasteiger partial charge in [0.2, 0.25) is 11.8 Å². The molecule has 0 aliphatic carbocycles. The van der Waals surface area contributed by atoms with Crippen molar-refractivity contribution in [1.82, 2.24) is 4.98 Å². The summed E-state index contributed by atoms with van der Waals surface area (Å²) >= 11 is 5.78. The average Bonchev–Trinajstić information content (AvgIpc) is 2.57. The minimum Gasteiger partial charge on any atom is -0.504 e. The van der Waals surface area contributed by atoms with E-state index < -0.39 is 22.5 Å². The van der Waals surface area contributed by atoms with Gasteiger partial charge in [-0.15, -0.1) is 0 Å². The molecule has 3 rings (SSSR count). The number of phenols is 1. The number of benzene rings is 1. The van der Waals surface area contributed by atoms with Crippen LogP contribution in [0, 0.1) is 11.8 Å².